The predicted molar refractivity (Wildman–Crippen MR) is 65.2 cm³/mol. The van der Waals surface area contributed by atoms with Gasteiger partial charge in [0.05, 0.1) is 11.4 Å². The zero-order chi connectivity index (χ0) is 12.2. The van der Waals surface area contributed by atoms with Crippen LogP contribution in [0, 0.1) is 0 Å². The fourth-order valence-electron chi connectivity index (χ4n) is 2.31. The lowest BCUT2D eigenvalue weighted by atomic mass is 9.89. The molecule has 1 rings (SSSR count). The molecular weight excluding hydrogens is 226 g/mol. The number of hydrogen-bond acceptors (Lipinski definition) is 4. The van der Waals surface area contributed by atoms with Crippen molar-refractivity contribution in [3.8, 4) is 0 Å². The van der Waals surface area contributed by atoms with Gasteiger partial charge in [-0.3, -0.25) is 0 Å². The van der Waals surface area contributed by atoms with Crippen molar-refractivity contribution in [2.45, 2.75) is 38.2 Å². The Morgan fingerprint density at radius 2 is 2.12 bits per heavy atom. The lowest BCUT2D eigenvalue weighted by molar-refractivity contribution is -0.0296. The van der Waals surface area contributed by atoms with E-state index in [-0.39, 0.29) is 11.5 Å². The Labute approximate surface area is 98.6 Å². The van der Waals surface area contributed by atoms with E-state index in [0.29, 0.717) is 19.4 Å². The summed E-state index contributed by atoms with van der Waals surface area (Å²) in [6.07, 6.45) is 2.95. The van der Waals surface area contributed by atoms with Crippen LogP contribution in [-0.2, 0) is 9.84 Å². The molecule has 0 bridgehead atoms. The summed E-state index contributed by atoms with van der Waals surface area (Å²) in [7, 11) is -0.892. The molecule has 0 radical (unpaired) electrons. The third-order valence-corrected chi connectivity index (χ3v) is 5.07. The van der Waals surface area contributed by atoms with Crippen molar-refractivity contribution in [1.82, 2.24) is 4.90 Å². The molecule has 4 nitrogen and oxygen atoms in total. The fourth-order valence-corrected chi connectivity index (χ4v) is 3.18. The van der Waals surface area contributed by atoms with Gasteiger partial charge in [-0.25, -0.2) is 8.42 Å². The minimum Gasteiger partial charge on any atom is -0.389 e. The van der Waals surface area contributed by atoms with Crippen molar-refractivity contribution < 1.29 is 13.5 Å². The highest BCUT2D eigenvalue weighted by Gasteiger charge is 2.31. The van der Waals surface area contributed by atoms with E-state index in [1.807, 2.05) is 7.05 Å². The number of piperidine rings is 1. The lowest BCUT2D eigenvalue weighted by Gasteiger charge is -2.37. The van der Waals surface area contributed by atoms with Crippen LogP contribution < -0.4 is 0 Å². The van der Waals surface area contributed by atoms with Crippen LogP contribution in [0.4, 0.5) is 0 Å². The largest absolute Gasteiger partial charge is 0.389 e. The molecule has 0 aliphatic carbocycles. The first kappa shape index (κ1) is 13.9. The summed E-state index contributed by atoms with van der Waals surface area (Å²) in [5.41, 5.74) is -0.670. The zero-order valence-corrected chi connectivity index (χ0v) is 11.1. The summed E-state index contributed by atoms with van der Waals surface area (Å²) in [6.45, 7) is 3.35. The second kappa shape index (κ2) is 5.47. The van der Waals surface area contributed by atoms with Crippen LogP contribution in [0.5, 0.6) is 0 Å². The van der Waals surface area contributed by atoms with Crippen molar-refractivity contribution in [2.24, 2.45) is 0 Å². The van der Waals surface area contributed by atoms with Gasteiger partial charge in [-0.2, -0.15) is 0 Å². The molecule has 0 aromatic heterocycles. The number of likely N-dealkylation sites (N-methyl/N-ethyl adjacent to an activating group) is 1. The molecule has 96 valence electrons. The van der Waals surface area contributed by atoms with E-state index in [4.69, 9.17) is 0 Å². The van der Waals surface area contributed by atoms with E-state index in [2.05, 4.69) is 4.90 Å². The van der Waals surface area contributed by atoms with Gasteiger partial charge in [0, 0.05) is 12.3 Å². The number of hydrogen-bond donors (Lipinski definition) is 1. The number of nitrogens with zero attached hydrogens (tertiary/aromatic N) is 1. The van der Waals surface area contributed by atoms with Crippen molar-refractivity contribution in [2.75, 3.05) is 31.6 Å². The Balaban J connectivity index is 2.36. The first-order valence-corrected chi connectivity index (χ1v) is 7.80. The molecule has 1 saturated heterocycles. The number of rotatable bonds is 5. The molecule has 1 atom stereocenters. The lowest BCUT2D eigenvalue weighted by Crippen LogP contribution is -2.46. The number of β-amino-alcohol motifs (C(OH)–C–C–N with tert-alkyl or cyclic N) is 1. The van der Waals surface area contributed by atoms with Crippen molar-refractivity contribution in [3.63, 3.8) is 0 Å². The first-order chi connectivity index (χ1) is 7.37. The van der Waals surface area contributed by atoms with Gasteiger partial charge < -0.3 is 10.0 Å². The van der Waals surface area contributed by atoms with E-state index < -0.39 is 15.4 Å². The minimum absolute atomic E-state index is 0.200. The van der Waals surface area contributed by atoms with E-state index in [9.17, 15) is 13.5 Å². The predicted octanol–water partition coefficient (Wildman–Crippen LogP) is 0.658. The molecular formula is C11H23NO3S. The van der Waals surface area contributed by atoms with Gasteiger partial charge in [0.25, 0.3) is 0 Å². The Kier molecular flexibility index (Phi) is 4.76. The topological polar surface area (TPSA) is 57.6 Å². The van der Waals surface area contributed by atoms with Gasteiger partial charge in [-0.1, -0.05) is 6.92 Å². The Morgan fingerprint density at radius 3 is 2.69 bits per heavy atom. The Hall–Kier alpha value is -0.130. The molecule has 0 amide bonds. The molecule has 0 aromatic rings. The van der Waals surface area contributed by atoms with Crippen LogP contribution in [0.3, 0.4) is 0 Å². The van der Waals surface area contributed by atoms with Crippen LogP contribution >= 0.6 is 0 Å². The number of sulfone groups is 1. The highest BCUT2D eigenvalue weighted by Crippen LogP contribution is 2.25. The molecule has 0 aromatic carbocycles. The van der Waals surface area contributed by atoms with E-state index in [0.717, 1.165) is 19.4 Å². The first-order valence-electron chi connectivity index (χ1n) is 5.98. The summed E-state index contributed by atoms with van der Waals surface area (Å²) >= 11 is 0. The third kappa shape index (κ3) is 4.39. The van der Waals surface area contributed by atoms with Crippen LogP contribution in [-0.4, -0.2) is 55.7 Å². The number of aliphatic hydroxyl groups is 1. The smallest absolute Gasteiger partial charge is 0.150 e. The maximum Gasteiger partial charge on any atom is 0.150 e. The average molecular weight is 249 g/mol. The monoisotopic (exact) mass is 249 g/mol. The summed E-state index contributed by atoms with van der Waals surface area (Å²) in [5, 5.41) is 10.3. The Morgan fingerprint density at radius 1 is 1.44 bits per heavy atom. The average Bonchev–Trinajstić information content (AvgIpc) is 2.16. The van der Waals surface area contributed by atoms with Crippen molar-refractivity contribution in [3.05, 3.63) is 0 Å². The summed E-state index contributed by atoms with van der Waals surface area (Å²) in [5.74, 6) is 0.404. The zero-order valence-electron chi connectivity index (χ0n) is 10.3. The van der Waals surface area contributed by atoms with Gasteiger partial charge in [-0.05, 0) is 39.3 Å². The van der Waals surface area contributed by atoms with Crippen LogP contribution in [0.25, 0.3) is 0 Å². The SMILES string of the molecule is CCS(=O)(=O)CCCC1(O)CCCN(C)C1. The van der Waals surface area contributed by atoms with E-state index >= 15 is 0 Å². The third-order valence-electron chi connectivity index (χ3n) is 3.28. The molecule has 0 spiro atoms. The summed E-state index contributed by atoms with van der Waals surface area (Å²) in [4.78, 5) is 2.11. The summed E-state index contributed by atoms with van der Waals surface area (Å²) < 4.78 is 22.6. The van der Waals surface area contributed by atoms with Gasteiger partial charge in [0.15, 0.2) is 0 Å². The maximum atomic E-state index is 11.3. The van der Waals surface area contributed by atoms with Crippen molar-refractivity contribution in [1.29, 1.82) is 0 Å². The molecule has 1 aliphatic heterocycles. The van der Waals surface area contributed by atoms with Crippen molar-refractivity contribution >= 4 is 9.84 Å². The van der Waals surface area contributed by atoms with Gasteiger partial charge >= 0.3 is 0 Å². The highest BCUT2D eigenvalue weighted by molar-refractivity contribution is 7.91. The van der Waals surface area contributed by atoms with E-state index in [1.165, 1.54) is 0 Å². The maximum absolute atomic E-state index is 11.3. The van der Waals surface area contributed by atoms with Crippen LogP contribution in [0.15, 0.2) is 0 Å². The molecule has 16 heavy (non-hydrogen) atoms. The second-order valence-corrected chi connectivity index (χ2v) is 7.38. The van der Waals surface area contributed by atoms with Gasteiger partial charge in [0.1, 0.15) is 9.84 Å². The molecule has 1 fully saturated rings. The van der Waals surface area contributed by atoms with Crippen LogP contribution in [0.2, 0.25) is 0 Å². The summed E-state index contributed by atoms with van der Waals surface area (Å²) in [6, 6.07) is 0. The molecule has 1 unspecified atom stereocenters. The van der Waals surface area contributed by atoms with Gasteiger partial charge in [-0.15, -0.1) is 0 Å². The highest BCUT2D eigenvalue weighted by atomic mass is 32.2. The fraction of sp³-hybridized carbons (Fsp3) is 1.00. The standard InChI is InChI=1S/C11H23NO3S/c1-3-16(14,15)9-5-7-11(13)6-4-8-12(2)10-11/h13H,3-10H2,1-2H3. The van der Waals surface area contributed by atoms with E-state index in [1.54, 1.807) is 6.92 Å². The molecule has 5 heteroatoms. The van der Waals surface area contributed by atoms with Crippen LogP contribution in [0.1, 0.15) is 32.6 Å². The van der Waals surface area contributed by atoms with Gasteiger partial charge in [0.2, 0.25) is 0 Å². The Bertz CT molecular complexity index is 315. The molecule has 1 N–H and O–H groups in total. The number of likely N-dealkylation sites (tertiary alicyclic amines) is 1. The second-order valence-electron chi connectivity index (χ2n) is 4.91. The quantitative estimate of drug-likeness (QED) is 0.777. The normalized spacial score (nSPS) is 28.2. The molecule has 0 saturated carbocycles. The molecule has 1 aliphatic rings. The molecule has 1 heterocycles. The minimum atomic E-state index is -2.89.